The molecule has 1 unspecified atom stereocenters. The molecule has 0 spiro atoms. The Hall–Kier alpha value is -0.810. The molecule has 0 heterocycles. The first-order valence-electron chi connectivity index (χ1n) is 6.96. The molecule has 0 amide bonds. The van der Waals surface area contributed by atoms with Gasteiger partial charge in [0, 0.05) is 11.4 Å². The molecule has 6 heteroatoms. The molecule has 0 aromatic heterocycles. The van der Waals surface area contributed by atoms with E-state index in [-0.39, 0.29) is 30.2 Å². The van der Waals surface area contributed by atoms with Crippen molar-refractivity contribution in [3.8, 4) is 0 Å². The predicted octanol–water partition coefficient (Wildman–Crippen LogP) is 4.75. The Kier molecular flexibility index (Phi) is 5.15. The van der Waals surface area contributed by atoms with Crippen LogP contribution in [0.4, 0.5) is 17.6 Å². The Morgan fingerprint density at radius 3 is 2.33 bits per heavy atom. The second-order valence-corrected chi connectivity index (χ2v) is 6.07. The Labute approximate surface area is 125 Å². The van der Waals surface area contributed by atoms with Gasteiger partial charge in [-0.25, -0.2) is 4.39 Å². The quantitative estimate of drug-likeness (QED) is 0.795. The van der Waals surface area contributed by atoms with Crippen LogP contribution in [0.5, 0.6) is 0 Å². The molecular formula is C15H17ClF4O. The molecular weight excluding hydrogens is 308 g/mol. The molecule has 1 fully saturated rings. The molecule has 2 rings (SSSR count). The van der Waals surface area contributed by atoms with E-state index in [2.05, 4.69) is 0 Å². The number of alkyl halides is 3. The first-order chi connectivity index (χ1) is 9.77. The van der Waals surface area contributed by atoms with Gasteiger partial charge in [0.05, 0.1) is 12.0 Å². The van der Waals surface area contributed by atoms with Gasteiger partial charge in [-0.1, -0.05) is 17.7 Å². The maximum atomic E-state index is 12.9. The average molecular weight is 325 g/mol. The fourth-order valence-electron chi connectivity index (χ4n) is 2.91. The highest BCUT2D eigenvalue weighted by Gasteiger charge is 2.42. The molecule has 1 aromatic rings. The van der Waals surface area contributed by atoms with Crippen LogP contribution in [0.1, 0.15) is 31.2 Å². The van der Waals surface area contributed by atoms with Gasteiger partial charge < -0.3 is 5.11 Å². The number of aliphatic hydroxyl groups excluding tert-OH is 1. The van der Waals surface area contributed by atoms with Crippen LogP contribution in [-0.2, 0) is 6.42 Å². The Morgan fingerprint density at radius 2 is 1.81 bits per heavy atom. The Morgan fingerprint density at radius 1 is 1.19 bits per heavy atom. The lowest BCUT2D eigenvalue weighted by Gasteiger charge is -2.32. The highest BCUT2D eigenvalue weighted by atomic mass is 35.5. The van der Waals surface area contributed by atoms with Gasteiger partial charge in [-0.05, 0) is 49.3 Å². The van der Waals surface area contributed by atoms with Crippen molar-refractivity contribution in [3.63, 3.8) is 0 Å². The summed E-state index contributed by atoms with van der Waals surface area (Å²) in [7, 11) is 0. The van der Waals surface area contributed by atoms with E-state index in [1.54, 1.807) is 0 Å². The normalized spacial score (nSPS) is 24.9. The van der Waals surface area contributed by atoms with Crippen molar-refractivity contribution in [2.45, 2.75) is 44.4 Å². The van der Waals surface area contributed by atoms with Gasteiger partial charge in [0.2, 0.25) is 0 Å². The summed E-state index contributed by atoms with van der Waals surface area (Å²) in [6.45, 7) is 0. The van der Waals surface area contributed by atoms with E-state index < -0.39 is 24.0 Å². The molecule has 118 valence electrons. The van der Waals surface area contributed by atoms with E-state index in [9.17, 15) is 22.7 Å². The van der Waals surface area contributed by atoms with Gasteiger partial charge >= 0.3 is 6.18 Å². The molecule has 21 heavy (non-hydrogen) atoms. The molecule has 1 aliphatic rings. The number of benzene rings is 1. The van der Waals surface area contributed by atoms with E-state index >= 15 is 0 Å². The minimum atomic E-state index is -4.14. The fraction of sp³-hybridized carbons (Fsp3) is 0.600. The highest BCUT2D eigenvalue weighted by Crippen LogP contribution is 2.40. The summed E-state index contributed by atoms with van der Waals surface area (Å²) in [6, 6.07) is 3.93. The maximum absolute atomic E-state index is 12.9. The van der Waals surface area contributed by atoms with Crippen LogP contribution >= 0.6 is 11.6 Å². The molecule has 1 nitrogen and oxygen atoms in total. The molecule has 1 saturated carbocycles. The average Bonchev–Trinajstić information content (AvgIpc) is 2.41. The summed E-state index contributed by atoms with van der Waals surface area (Å²) in [5, 5.41) is 10.4. The van der Waals surface area contributed by atoms with Crippen molar-refractivity contribution in [2.24, 2.45) is 11.8 Å². The Balaban J connectivity index is 1.92. The van der Waals surface area contributed by atoms with Gasteiger partial charge in [0.15, 0.2) is 0 Å². The number of rotatable bonds is 3. The monoisotopic (exact) mass is 324 g/mol. The van der Waals surface area contributed by atoms with Crippen LogP contribution in [0.15, 0.2) is 18.2 Å². The van der Waals surface area contributed by atoms with E-state index in [4.69, 9.17) is 11.6 Å². The van der Waals surface area contributed by atoms with Gasteiger partial charge in [-0.3, -0.25) is 0 Å². The lowest BCUT2D eigenvalue weighted by molar-refractivity contribution is -0.185. The lowest BCUT2D eigenvalue weighted by Crippen LogP contribution is -2.32. The number of halogens is 5. The van der Waals surface area contributed by atoms with Gasteiger partial charge in [0.25, 0.3) is 0 Å². The standard InChI is InChI=1S/C15H17ClF4O/c16-13-8-12(17)6-3-10(13)7-14(21)9-1-4-11(5-2-9)15(18,19)20/h3,6,8-9,11,14,21H,1-2,4-5,7H2. The van der Waals surface area contributed by atoms with E-state index in [1.165, 1.54) is 18.2 Å². The van der Waals surface area contributed by atoms with E-state index in [0.29, 0.717) is 18.4 Å². The minimum Gasteiger partial charge on any atom is -0.392 e. The third kappa shape index (κ3) is 4.33. The van der Waals surface area contributed by atoms with Gasteiger partial charge in [-0.2, -0.15) is 13.2 Å². The lowest BCUT2D eigenvalue weighted by atomic mass is 9.78. The SMILES string of the molecule is OC(Cc1ccc(F)cc1Cl)C1CCC(C(F)(F)F)CC1. The summed E-state index contributed by atoms with van der Waals surface area (Å²) in [4.78, 5) is 0. The van der Waals surface area contributed by atoms with Crippen molar-refractivity contribution < 1.29 is 22.7 Å². The largest absolute Gasteiger partial charge is 0.392 e. The molecule has 1 aromatic carbocycles. The summed E-state index contributed by atoms with van der Waals surface area (Å²) in [5.41, 5.74) is 0.614. The Bertz CT molecular complexity index is 481. The van der Waals surface area contributed by atoms with Crippen molar-refractivity contribution in [3.05, 3.63) is 34.6 Å². The van der Waals surface area contributed by atoms with Crippen LogP contribution in [0.2, 0.25) is 5.02 Å². The van der Waals surface area contributed by atoms with Crippen molar-refractivity contribution in [2.75, 3.05) is 0 Å². The first-order valence-corrected chi connectivity index (χ1v) is 7.34. The van der Waals surface area contributed by atoms with Crippen LogP contribution in [-0.4, -0.2) is 17.4 Å². The minimum absolute atomic E-state index is 0.0579. The summed E-state index contributed by atoms with van der Waals surface area (Å²) in [6.07, 6.45) is -3.84. The zero-order valence-corrected chi connectivity index (χ0v) is 12.1. The predicted molar refractivity (Wildman–Crippen MR) is 72.6 cm³/mol. The topological polar surface area (TPSA) is 20.2 Å². The van der Waals surface area contributed by atoms with E-state index in [1.807, 2.05) is 0 Å². The van der Waals surface area contributed by atoms with E-state index in [0.717, 1.165) is 0 Å². The van der Waals surface area contributed by atoms with Crippen molar-refractivity contribution >= 4 is 11.6 Å². The summed E-state index contributed by atoms with van der Waals surface area (Å²) in [5.74, 6) is -1.87. The number of hydrogen-bond acceptors (Lipinski definition) is 1. The maximum Gasteiger partial charge on any atom is 0.391 e. The summed E-state index contributed by atoms with van der Waals surface area (Å²) >= 11 is 5.90. The molecule has 1 atom stereocenters. The molecule has 0 bridgehead atoms. The van der Waals surface area contributed by atoms with Gasteiger partial charge in [-0.15, -0.1) is 0 Å². The van der Waals surface area contributed by atoms with Crippen molar-refractivity contribution in [1.82, 2.24) is 0 Å². The third-order valence-corrected chi connectivity index (χ3v) is 4.57. The second kappa shape index (κ2) is 6.53. The second-order valence-electron chi connectivity index (χ2n) is 5.66. The zero-order valence-electron chi connectivity index (χ0n) is 11.3. The molecule has 0 aliphatic heterocycles. The number of aliphatic hydroxyl groups is 1. The highest BCUT2D eigenvalue weighted by molar-refractivity contribution is 6.31. The number of hydrogen-bond donors (Lipinski definition) is 1. The first kappa shape index (κ1) is 16.6. The molecule has 0 saturated heterocycles. The fourth-order valence-corrected chi connectivity index (χ4v) is 3.15. The molecule has 1 N–H and O–H groups in total. The third-order valence-electron chi connectivity index (χ3n) is 4.22. The van der Waals surface area contributed by atoms with Crippen LogP contribution in [0, 0.1) is 17.7 Å². The summed E-state index contributed by atoms with van der Waals surface area (Å²) < 4.78 is 50.7. The smallest absolute Gasteiger partial charge is 0.391 e. The van der Waals surface area contributed by atoms with Crippen LogP contribution in [0.25, 0.3) is 0 Å². The molecule has 1 aliphatic carbocycles. The van der Waals surface area contributed by atoms with Gasteiger partial charge in [0.1, 0.15) is 5.82 Å². The van der Waals surface area contributed by atoms with Crippen molar-refractivity contribution in [1.29, 1.82) is 0 Å². The van der Waals surface area contributed by atoms with Crippen LogP contribution < -0.4 is 0 Å². The zero-order chi connectivity index (χ0) is 15.6. The molecule has 0 radical (unpaired) electrons. The van der Waals surface area contributed by atoms with Crippen LogP contribution in [0.3, 0.4) is 0 Å².